The van der Waals surface area contributed by atoms with Gasteiger partial charge in [0.15, 0.2) is 18.1 Å². The van der Waals surface area contributed by atoms with Crippen LogP contribution in [0.15, 0.2) is 35.4 Å². The summed E-state index contributed by atoms with van der Waals surface area (Å²) >= 11 is 0. The van der Waals surface area contributed by atoms with Crippen molar-refractivity contribution in [3.05, 3.63) is 47.0 Å². The monoisotopic (exact) mass is 398 g/mol. The summed E-state index contributed by atoms with van der Waals surface area (Å²) in [4.78, 5) is 12.0. The molecule has 3 rings (SSSR count). The van der Waals surface area contributed by atoms with Crippen molar-refractivity contribution >= 4 is 12.1 Å². The van der Waals surface area contributed by atoms with Crippen LogP contribution in [0.3, 0.4) is 0 Å². The Labute approximate surface area is 170 Å². The lowest BCUT2D eigenvalue weighted by atomic mass is 9.92. The first-order valence-electron chi connectivity index (χ1n) is 9.51. The summed E-state index contributed by atoms with van der Waals surface area (Å²) in [6.45, 7) is -0.106. The molecule has 1 amide bonds. The SMILES string of the molecule is COc1cc(/C=N\NC(=O)COc2ccc3c(c2)CCCC3)cc(OC)c1OC. The van der Waals surface area contributed by atoms with Crippen molar-refractivity contribution in [3.63, 3.8) is 0 Å². The minimum Gasteiger partial charge on any atom is -0.493 e. The average Bonchev–Trinajstić information content (AvgIpc) is 2.76. The number of methoxy groups -OCH3 is 3. The van der Waals surface area contributed by atoms with E-state index in [2.05, 4.69) is 16.6 Å². The zero-order valence-corrected chi connectivity index (χ0v) is 17.0. The summed E-state index contributed by atoms with van der Waals surface area (Å²) in [7, 11) is 4.62. The summed E-state index contributed by atoms with van der Waals surface area (Å²) in [5.74, 6) is 1.88. The van der Waals surface area contributed by atoms with Gasteiger partial charge in [-0.25, -0.2) is 5.43 Å². The number of hydrogen-bond acceptors (Lipinski definition) is 6. The highest BCUT2D eigenvalue weighted by Gasteiger charge is 2.13. The Morgan fingerprint density at radius 3 is 2.34 bits per heavy atom. The molecule has 0 aliphatic heterocycles. The number of nitrogens with zero attached hydrogens (tertiary/aromatic N) is 1. The number of rotatable bonds is 8. The normalized spacial score (nSPS) is 12.9. The lowest BCUT2D eigenvalue weighted by molar-refractivity contribution is -0.123. The molecule has 0 fully saturated rings. The number of hydrazone groups is 1. The van der Waals surface area contributed by atoms with Crippen LogP contribution in [0.4, 0.5) is 0 Å². The molecule has 0 atom stereocenters. The van der Waals surface area contributed by atoms with Crippen molar-refractivity contribution in [2.24, 2.45) is 5.10 Å². The fraction of sp³-hybridized carbons (Fsp3) is 0.364. The molecule has 0 saturated heterocycles. The van der Waals surface area contributed by atoms with E-state index in [1.54, 1.807) is 12.1 Å². The molecule has 29 heavy (non-hydrogen) atoms. The highest BCUT2D eigenvalue weighted by atomic mass is 16.5. The van der Waals surface area contributed by atoms with E-state index in [-0.39, 0.29) is 12.5 Å². The molecular weight excluding hydrogens is 372 g/mol. The molecule has 1 N–H and O–H groups in total. The molecule has 1 aliphatic carbocycles. The molecule has 0 bridgehead atoms. The summed E-state index contributed by atoms with van der Waals surface area (Å²) < 4.78 is 21.5. The molecule has 7 heteroatoms. The topological polar surface area (TPSA) is 78.4 Å². The largest absolute Gasteiger partial charge is 0.493 e. The molecule has 154 valence electrons. The Kier molecular flexibility index (Phi) is 6.94. The van der Waals surface area contributed by atoms with Gasteiger partial charge in [-0.1, -0.05) is 6.07 Å². The Hall–Kier alpha value is -3.22. The van der Waals surface area contributed by atoms with Gasteiger partial charge in [0.2, 0.25) is 5.75 Å². The van der Waals surface area contributed by atoms with E-state index in [0.29, 0.717) is 28.6 Å². The average molecular weight is 398 g/mol. The van der Waals surface area contributed by atoms with Crippen LogP contribution in [0.1, 0.15) is 29.5 Å². The minimum atomic E-state index is -0.341. The van der Waals surface area contributed by atoms with Crippen LogP contribution in [0.2, 0.25) is 0 Å². The maximum Gasteiger partial charge on any atom is 0.277 e. The standard InChI is InChI=1S/C22H26N2O5/c1-26-19-10-15(11-20(27-2)22(19)28-3)13-23-24-21(25)14-29-18-9-8-16-6-4-5-7-17(16)12-18/h8-13H,4-7,14H2,1-3H3,(H,24,25)/b23-13-. The van der Waals surface area contributed by atoms with Gasteiger partial charge in [-0.15, -0.1) is 0 Å². The molecule has 0 unspecified atom stereocenters. The number of ether oxygens (including phenoxy) is 4. The van der Waals surface area contributed by atoms with E-state index in [9.17, 15) is 4.79 Å². The molecule has 7 nitrogen and oxygen atoms in total. The van der Waals surface area contributed by atoms with E-state index in [1.165, 1.54) is 51.5 Å². The number of aryl methyl sites for hydroxylation is 2. The molecule has 1 aliphatic rings. The van der Waals surface area contributed by atoms with Crippen molar-refractivity contribution in [2.75, 3.05) is 27.9 Å². The van der Waals surface area contributed by atoms with E-state index in [4.69, 9.17) is 18.9 Å². The van der Waals surface area contributed by atoms with Gasteiger partial charge < -0.3 is 18.9 Å². The van der Waals surface area contributed by atoms with Crippen molar-refractivity contribution in [3.8, 4) is 23.0 Å². The Balaban J connectivity index is 1.56. The van der Waals surface area contributed by atoms with Gasteiger partial charge in [-0.3, -0.25) is 4.79 Å². The van der Waals surface area contributed by atoms with Crippen LogP contribution < -0.4 is 24.4 Å². The highest BCUT2D eigenvalue weighted by Crippen LogP contribution is 2.37. The first-order valence-corrected chi connectivity index (χ1v) is 9.51. The third kappa shape index (κ3) is 5.19. The fourth-order valence-corrected chi connectivity index (χ4v) is 3.34. The molecule has 0 radical (unpaired) electrons. The van der Waals surface area contributed by atoms with Gasteiger partial charge in [0.05, 0.1) is 27.5 Å². The second-order valence-electron chi connectivity index (χ2n) is 6.68. The Bertz CT molecular complexity index is 870. The lowest BCUT2D eigenvalue weighted by Crippen LogP contribution is -2.24. The number of hydrogen-bond donors (Lipinski definition) is 1. The molecular formula is C22H26N2O5. The zero-order chi connectivity index (χ0) is 20.6. The third-order valence-corrected chi connectivity index (χ3v) is 4.78. The Morgan fingerprint density at radius 2 is 1.69 bits per heavy atom. The van der Waals surface area contributed by atoms with Gasteiger partial charge in [-0.2, -0.15) is 5.10 Å². The van der Waals surface area contributed by atoms with Gasteiger partial charge in [0.25, 0.3) is 5.91 Å². The molecule has 0 saturated carbocycles. The number of nitrogens with one attached hydrogen (secondary N) is 1. The Morgan fingerprint density at radius 1 is 1.00 bits per heavy atom. The zero-order valence-electron chi connectivity index (χ0n) is 17.0. The fourth-order valence-electron chi connectivity index (χ4n) is 3.34. The van der Waals surface area contributed by atoms with Crippen LogP contribution in [-0.2, 0) is 17.6 Å². The number of fused-ring (bicyclic) bond motifs is 1. The van der Waals surface area contributed by atoms with Crippen LogP contribution >= 0.6 is 0 Å². The van der Waals surface area contributed by atoms with Crippen molar-refractivity contribution in [1.82, 2.24) is 5.43 Å². The van der Waals surface area contributed by atoms with Gasteiger partial charge in [0, 0.05) is 5.56 Å². The lowest BCUT2D eigenvalue weighted by Gasteiger charge is -2.16. The van der Waals surface area contributed by atoms with Crippen molar-refractivity contribution in [2.45, 2.75) is 25.7 Å². The highest BCUT2D eigenvalue weighted by molar-refractivity contribution is 5.84. The van der Waals surface area contributed by atoms with E-state index < -0.39 is 0 Å². The molecule has 2 aromatic rings. The third-order valence-electron chi connectivity index (χ3n) is 4.78. The number of benzene rings is 2. The van der Waals surface area contributed by atoms with Crippen LogP contribution in [0, 0.1) is 0 Å². The van der Waals surface area contributed by atoms with Crippen molar-refractivity contribution < 1.29 is 23.7 Å². The maximum absolute atomic E-state index is 12.0. The number of carbonyl (C=O) groups is 1. The summed E-state index contributed by atoms with van der Waals surface area (Å²) in [5, 5.41) is 3.97. The summed E-state index contributed by atoms with van der Waals surface area (Å²) in [5.41, 5.74) is 5.84. The van der Waals surface area contributed by atoms with E-state index in [1.807, 2.05) is 12.1 Å². The van der Waals surface area contributed by atoms with Gasteiger partial charge >= 0.3 is 0 Å². The molecule has 2 aromatic carbocycles. The minimum absolute atomic E-state index is 0.106. The maximum atomic E-state index is 12.0. The second kappa shape index (κ2) is 9.82. The first-order chi connectivity index (χ1) is 14.1. The molecule has 0 aromatic heterocycles. The summed E-state index contributed by atoms with van der Waals surface area (Å²) in [6.07, 6.45) is 6.12. The number of carbonyl (C=O) groups excluding carboxylic acids is 1. The van der Waals surface area contributed by atoms with E-state index in [0.717, 1.165) is 12.8 Å². The molecule has 0 heterocycles. The van der Waals surface area contributed by atoms with Gasteiger partial charge in [-0.05, 0) is 61.1 Å². The first kappa shape index (κ1) is 20.5. The van der Waals surface area contributed by atoms with Crippen LogP contribution in [0.25, 0.3) is 0 Å². The molecule has 0 spiro atoms. The number of amides is 1. The van der Waals surface area contributed by atoms with Gasteiger partial charge in [0.1, 0.15) is 5.75 Å². The van der Waals surface area contributed by atoms with Crippen LogP contribution in [0.5, 0.6) is 23.0 Å². The smallest absolute Gasteiger partial charge is 0.277 e. The predicted octanol–water partition coefficient (Wildman–Crippen LogP) is 3.12. The second-order valence-corrected chi connectivity index (χ2v) is 6.68. The van der Waals surface area contributed by atoms with Crippen molar-refractivity contribution in [1.29, 1.82) is 0 Å². The summed E-state index contributed by atoms with van der Waals surface area (Å²) in [6, 6.07) is 9.50. The quantitative estimate of drug-likeness (QED) is 0.546. The van der Waals surface area contributed by atoms with Crippen LogP contribution in [-0.4, -0.2) is 40.1 Å². The van der Waals surface area contributed by atoms with E-state index >= 15 is 0 Å². The predicted molar refractivity (Wildman–Crippen MR) is 110 cm³/mol.